The van der Waals surface area contributed by atoms with Gasteiger partial charge in [-0.3, -0.25) is 4.79 Å². The van der Waals surface area contributed by atoms with E-state index in [-0.39, 0.29) is 12.2 Å². The lowest BCUT2D eigenvalue weighted by Gasteiger charge is -2.37. The Labute approximate surface area is 160 Å². The average molecular weight is 400 g/mol. The number of ether oxygens (including phenoxy) is 3. The fourth-order valence-electron chi connectivity index (χ4n) is 2.81. The van der Waals surface area contributed by atoms with Crippen molar-refractivity contribution >= 4 is 11.9 Å². The lowest BCUT2D eigenvalue weighted by Crippen LogP contribution is -2.60. The van der Waals surface area contributed by atoms with Gasteiger partial charge in [0.05, 0.1) is 7.11 Å². The standard InChI is InChI=1S/C18H24O10/c1-26-11-8-9(6-7-10(11)19)4-2-3-5-12(20)27-18-15(23)13(21)14(22)16(28-18)17(24)25/h6-8,13-16,18-19,21-23H,2-5H2,1H3,(H,24,25). The van der Waals surface area contributed by atoms with E-state index >= 15 is 0 Å². The molecular formula is C18H24O10. The van der Waals surface area contributed by atoms with E-state index in [4.69, 9.17) is 19.3 Å². The van der Waals surface area contributed by atoms with Crippen molar-refractivity contribution in [2.45, 2.75) is 56.4 Å². The monoisotopic (exact) mass is 400 g/mol. The number of phenolic OH excluding ortho intramolecular Hbond substituents is 1. The SMILES string of the molecule is COc1cc(CCCCC(=O)OC2OC(C(=O)O)C(O)C(O)C2O)ccc1O. The molecule has 1 heterocycles. The normalized spacial score (nSPS) is 27.2. The molecule has 0 bridgehead atoms. The van der Waals surface area contributed by atoms with Crippen molar-refractivity contribution < 1.29 is 49.3 Å². The van der Waals surface area contributed by atoms with E-state index in [2.05, 4.69) is 0 Å². The number of phenols is 1. The molecule has 10 heteroatoms. The van der Waals surface area contributed by atoms with Gasteiger partial charge in [-0.05, 0) is 37.0 Å². The molecule has 0 aromatic heterocycles. The van der Waals surface area contributed by atoms with Crippen LogP contribution in [-0.4, -0.2) is 75.3 Å². The number of carboxylic acid groups (broad SMARTS) is 1. The number of aliphatic hydroxyl groups excluding tert-OH is 3. The molecule has 2 rings (SSSR count). The molecule has 0 radical (unpaired) electrons. The Balaban J connectivity index is 1.79. The number of rotatable bonds is 8. The molecule has 1 aliphatic rings. The van der Waals surface area contributed by atoms with Gasteiger partial charge in [-0.2, -0.15) is 0 Å². The van der Waals surface area contributed by atoms with Crippen LogP contribution >= 0.6 is 0 Å². The molecule has 1 fully saturated rings. The van der Waals surface area contributed by atoms with Gasteiger partial charge in [-0.1, -0.05) is 6.07 Å². The number of hydrogen-bond acceptors (Lipinski definition) is 9. The van der Waals surface area contributed by atoms with Crippen LogP contribution < -0.4 is 4.74 Å². The van der Waals surface area contributed by atoms with Crippen molar-refractivity contribution in [2.24, 2.45) is 0 Å². The third-order valence-corrected chi connectivity index (χ3v) is 4.40. The largest absolute Gasteiger partial charge is 0.504 e. The summed E-state index contributed by atoms with van der Waals surface area (Å²) in [6, 6.07) is 4.95. The Morgan fingerprint density at radius 1 is 1.11 bits per heavy atom. The van der Waals surface area contributed by atoms with Crippen LogP contribution in [0.5, 0.6) is 11.5 Å². The highest BCUT2D eigenvalue weighted by molar-refractivity contribution is 5.73. The summed E-state index contributed by atoms with van der Waals surface area (Å²) in [6.07, 6.45) is -7.26. The second kappa shape index (κ2) is 9.69. The summed E-state index contributed by atoms with van der Waals surface area (Å²) in [7, 11) is 1.45. The number of esters is 1. The molecule has 0 saturated carbocycles. The van der Waals surface area contributed by atoms with E-state index in [1.807, 2.05) is 0 Å². The molecule has 5 unspecified atom stereocenters. The summed E-state index contributed by atoms with van der Waals surface area (Å²) in [6.45, 7) is 0. The molecule has 5 atom stereocenters. The smallest absolute Gasteiger partial charge is 0.335 e. The number of aliphatic hydroxyl groups is 3. The first-order valence-electron chi connectivity index (χ1n) is 8.72. The Kier molecular flexibility index (Phi) is 7.58. The number of aryl methyl sites for hydroxylation is 1. The number of carboxylic acids is 1. The fraction of sp³-hybridized carbons (Fsp3) is 0.556. The third-order valence-electron chi connectivity index (χ3n) is 4.40. The van der Waals surface area contributed by atoms with Crippen LogP contribution in [0.3, 0.4) is 0 Å². The highest BCUT2D eigenvalue weighted by Crippen LogP contribution is 2.27. The van der Waals surface area contributed by atoms with Gasteiger partial charge in [0.1, 0.15) is 18.3 Å². The molecular weight excluding hydrogens is 376 g/mol. The highest BCUT2D eigenvalue weighted by Gasteiger charge is 2.48. The fourth-order valence-corrected chi connectivity index (χ4v) is 2.81. The minimum atomic E-state index is -1.84. The number of methoxy groups -OCH3 is 1. The van der Waals surface area contributed by atoms with Gasteiger partial charge in [0.15, 0.2) is 17.6 Å². The molecule has 0 aliphatic carbocycles. The quantitative estimate of drug-likeness (QED) is 0.285. The van der Waals surface area contributed by atoms with Gasteiger partial charge in [-0.25, -0.2) is 4.79 Å². The van der Waals surface area contributed by atoms with Gasteiger partial charge in [-0.15, -0.1) is 0 Å². The summed E-state index contributed by atoms with van der Waals surface area (Å²) in [5.74, 6) is -1.90. The van der Waals surface area contributed by atoms with Gasteiger partial charge < -0.3 is 39.7 Å². The minimum Gasteiger partial charge on any atom is -0.504 e. The first-order chi connectivity index (χ1) is 13.2. The topological polar surface area (TPSA) is 163 Å². The highest BCUT2D eigenvalue weighted by atomic mass is 16.7. The second-order valence-corrected chi connectivity index (χ2v) is 6.44. The van der Waals surface area contributed by atoms with Crippen LogP contribution in [0.25, 0.3) is 0 Å². The summed E-state index contributed by atoms with van der Waals surface area (Å²) < 4.78 is 14.8. The van der Waals surface area contributed by atoms with E-state index in [1.54, 1.807) is 12.1 Å². The van der Waals surface area contributed by atoms with Gasteiger partial charge >= 0.3 is 11.9 Å². The number of benzene rings is 1. The van der Waals surface area contributed by atoms with Crippen molar-refractivity contribution in [1.82, 2.24) is 0 Å². The van der Waals surface area contributed by atoms with Crippen LogP contribution in [0.15, 0.2) is 18.2 Å². The molecule has 5 N–H and O–H groups in total. The van der Waals surface area contributed by atoms with Crippen molar-refractivity contribution in [2.75, 3.05) is 7.11 Å². The molecule has 1 aromatic carbocycles. The predicted molar refractivity (Wildman–Crippen MR) is 92.6 cm³/mol. The minimum absolute atomic E-state index is 0.0157. The molecule has 0 amide bonds. The van der Waals surface area contributed by atoms with Crippen LogP contribution in [0.4, 0.5) is 0 Å². The molecule has 28 heavy (non-hydrogen) atoms. The first-order valence-corrected chi connectivity index (χ1v) is 8.72. The molecule has 0 spiro atoms. The van der Waals surface area contributed by atoms with Gasteiger partial charge in [0.2, 0.25) is 6.29 Å². The van der Waals surface area contributed by atoms with E-state index in [1.165, 1.54) is 13.2 Å². The third kappa shape index (κ3) is 5.32. The van der Waals surface area contributed by atoms with Crippen LogP contribution in [-0.2, 0) is 25.5 Å². The van der Waals surface area contributed by atoms with E-state index in [0.29, 0.717) is 25.0 Å². The number of unbranched alkanes of at least 4 members (excludes halogenated alkanes) is 1. The van der Waals surface area contributed by atoms with Crippen LogP contribution in [0.2, 0.25) is 0 Å². The maximum absolute atomic E-state index is 11.9. The number of aliphatic carboxylic acids is 1. The van der Waals surface area contributed by atoms with E-state index < -0.39 is 42.6 Å². The van der Waals surface area contributed by atoms with Gasteiger partial charge in [0, 0.05) is 6.42 Å². The lowest BCUT2D eigenvalue weighted by atomic mass is 9.99. The van der Waals surface area contributed by atoms with Gasteiger partial charge in [0.25, 0.3) is 0 Å². The van der Waals surface area contributed by atoms with Crippen LogP contribution in [0, 0.1) is 0 Å². The summed E-state index contributed by atoms with van der Waals surface area (Å²) in [5, 5.41) is 47.6. The number of hydrogen-bond donors (Lipinski definition) is 5. The van der Waals surface area contributed by atoms with E-state index in [0.717, 1.165) is 5.56 Å². The molecule has 1 aliphatic heterocycles. The molecule has 1 saturated heterocycles. The zero-order valence-electron chi connectivity index (χ0n) is 15.2. The molecule has 1 aromatic rings. The predicted octanol–water partition coefficient (Wildman–Crippen LogP) is -0.451. The van der Waals surface area contributed by atoms with Crippen molar-refractivity contribution in [3.63, 3.8) is 0 Å². The Morgan fingerprint density at radius 3 is 2.46 bits per heavy atom. The second-order valence-electron chi connectivity index (χ2n) is 6.44. The van der Waals surface area contributed by atoms with Crippen molar-refractivity contribution in [3.8, 4) is 11.5 Å². The Bertz CT molecular complexity index is 691. The maximum atomic E-state index is 11.9. The summed E-state index contributed by atoms with van der Waals surface area (Å²) >= 11 is 0. The van der Waals surface area contributed by atoms with Crippen molar-refractivity contribution in [3.05, 3.63) is 23.8 Å². The number of aromatic hydroxyl groups is 1. The number of carbonyl (C=O) groups excluding carboxylic acids is 1. The lowest BCUT2D eigenvalue weighted by molar-refractivity contribution is -0.286. The Hall–Kier alpha value is -2.40. The van der Waals surface area contributed by atoms with E-state index in [9.17, 15) is 30.0 Å². The zero-order valence-corrected chi connectivity index (χ0v) is 15.2. The average Bonchev–Trinajstić information content (AvgIpc) is 2.66. The Morgan fingerprint density at radius 2 is 1.82 bits per heavy atom. The van der Waals surface area contributed by atoms with Crippen LogP contribution in [0.1, 0.15) is 24.8 Å². The zero-order chi connectivity index (χ0) is 20.8. The molecule has 10 nitrogen and oxygen atoms in total. The first kappa shape index (κ1) is 21.9. The van der Waals surface area contributed by atoms with Crippen molar-refractivity contribution in [1.29, 1.82) is 0 Å². The number of carbonyl (C=O) groups is 2. The molecule has 156 valence electrons. The summed E-state index contributed by atoms with van der Waals surface area (Å²) in [5.41, 5.74) is 0.912. The maximum Gasteiger partial charge on any atom is 0.335 e. The summed E-state index contributed by atoms with van der Waals surface area (Å²) in [4.78, 5) is 22.9.